The van der Waals surface area contributed by atoms with Crippen molar-refractivity contribution in [2.75, 3.05) is 0 Å². The summed E-state index contributed by atoms with van der Waals surface area (Å²) in [5.41, 5.74) is -3.80. The zero-order chi connectivity index (χ0) is 11.9. The summed E-state index contributed by atoms with van der Waals surface area (Å²) in [5.74, 6) is 0. The van der Waals surface area contributed by atoms with Crippen LogP contribution in [0.2, 0.25) is 5.02 Å². The summed E-state index contributed by atoms with van der Waals surface area (Å²) >= 11 is 5.04. The number of alkyl halides is 6. The molecule has 0 N–H and O–H groups in total. The largest absolute Gasteiger partial charge is 0.418 e. The standard InChI is InChI=1S/C7H2ClF6N/c8-4-2-15-1-3(6(9,10)11)5(4)7(12,13)14/h1-2H. The molecule has 0 atom stereocenters. The molecule has 0 radical (unpaired) electrons. The minimum atomic E-state index is -5.16. The summed E-state index contributed by atoms with van der Waals surface area (Å²) < 4.78 is 73.2. The van der Waals surface area contributed by atoms with E-state index < -0.39 is 28.5 Å². The van der Waals surface area contributed by atoms with Gasteiger partial charge in [0.2, 0.25) is 0 Å². The highest BCUT2D eigenvalue weighted by atomic mass is 35.5. The van der Waals surface area contributed by atoms with E-state index >= 15 is 0 Å². The molecular weight excluding hydrogens is 248 g/mol. The van der Waals surface area contributed by atoms with Crippen molar-refractivity contribution in [2.45, 2.75) is 12.4 Å². The molecule has 8 heteroatoms. The first-order valence-corrected chi connectivity index (χ1v) is 3.79. The maximum atomic E-state index is 12.2. The van der Waals surface area contributed by atoms with Gasteiger partial charge in [-0.2, -0.15) is 26.3 Å². The molecule has 0 fully saturated rings. The van der Waals surface area contributed by atoms with Crippen molar-refractivity contribution in [3.05, 3.63) is 28.5 Å². The quantitative estimate of drug-likeness (QED) is 0.638. The van der Waals surface area contributed by atoms with Gasteiger partial charge >= 0.3 is 12.4 Å². The third kappa shape index (κ3) is 2.53. The first-order valence-electron chi connectivity index (χ1n) is 3.42. The van der Waals surface area contributed by atoms with Crippen molar-refractivity contribution in [1.29, 1.82) is 0 Å². The summed E-state index contributed by atoms with van der Waals surface area (Å²) in [6.07, 6.45) is -9.69. The van der Waals surface area contributed by atoms with Gasteiger partial charge in [-0.05, 0) is 0 Å². The molecular formula is C7H2ClF6N. The van der Waals surface area contributed by atoms with E-state index in [9.17, 15) is 26.3 Å². The van der Waals surface area contributed by atoms with Gasteiger partial charge in [-0.25, -0.2) is 0 Å². The van der Waals surface area contributed by atoms with Crippen LogP contribution in [0.1, 0.15) is 11.1 Å². The van der Waals surface area contributed by atoms with Crippen molar-refractivity contribution >= 4 is 11.6 Å². The van der Waals surface area contributed by atoms with Gasteiger partial charge in [0.25, 0.3) is 0 Å². The predicted molar refractivity (Wildman–Crippen MR) is 39.3 cm³/mol. The molecule has 0 spiro atoms. The van der Waals surface area contributed by atoms with Gasteiger partial charge in [0, 0.05) is 12.4 Å². The van der Waals surface area contributed by atoms with Crippen molar-refractivity contribution in [2.24, 2.45) is 0 Å². The number of aromatic nitrogens is 1. The molecule has 1 aromatic rings. The topological polar surface area (TPSA) is 12.9 Å². The minimum Gasteiger partial charge on any atom is -0.263 e. The van der Waals surface area contributed by atoms with E-state index in [1.54, 1.807) is 0 Å². The van der Waals surface area contributed by atoms with E-state index in [0.717, 1.165) is 0 Å². The molecule has 15 heavy (non-hydrogen) atoms. The second-order valence-electron chi connectivity index (χ2n) is 2.54. The molecule has 84 valence electrons. The molecule has 1 rings (SSSR count). The second kappa shape index (κ2) is 3.55. The van der Waals surface area contributed by atoms with E-state index in [1.165, 1.54) is 0 Å². The van der Waals surface area contributed by atoms with Crippen LogP contribution in [-0.2, 0) is 12.4 Å². The fraction of sp³-hybridized carbons (Fsp3) is 0.286. The molecule has 1 aromatic heterocycles. The first kappa shape index (κ1) is 12.1. The second-order valence-corrected chi connectivity index (χ2v) is 2.95. The van der Waals surface area contributed by atoms with Crippen LogP contribution in [0, 0.1) is 0 Å². The van der Waals surface area contributed by atoms with E-state index in [-0.39, 0.29) is 6.20 Å². The summed E-state index contributed by atoms with van der Waals surface area (Å²) in [7, 11) is 0. The van der Waals surface area contributed by atoms with Crippen LogP contribution in [0.25, 0.3) is 0 Å². The van der Waals surface area contributed by atoms with Gasteiger partial charge in [0.15, 0.2) is 0 Å². The minimum absolute atomic E-state index is 0.0920. The van der Waals surface area contributed by atoms with Crippen LogP contribution in [0.3, 0.4) is 0 Å². The van der Waals surface area contributed by atoms with Crippen molar-refractivity contribution in [3.63, 3.8) is 0 Å². The number of hydrogen-bond donors (Lipinski definition) is 0. The fourth-order valence-electron chi connectivity index (χ4n) is 0.938. The first-order chi connectivity index (χ1) is 6.64. The van der Waals surface area contributed by atoms with Crippen LogP contribution in [-0.4, -0.2) is 4.98 Å². The van der Waals surface area contributed by atoms with Gasteiger partial charge in [0.1, 0.15) is 0 Å². The zero-order valence-corrected chi connectivity index (χ0v) is 7.50. The Morgan fingerprint density at radius 1 is 0.933 bits per heavy atom. The highest BCUT2D eigenvalue weighted by molar-refractivity contribution is 6.31. The Kier molecular flexibility index (Phi) is 2.86. The smallest absolute Gasteiger partial charge is 0.263 e. The van der Waals surface area contributed by atoms with Gasteiger partial charge in [-0.1, -0.05) is 11.6 Å². The number of pyridine rings is 1. The molecule has 1 nitrogen and oxygen atoms in total. The van der Waals surface area contributed by atoms with Gasteiger partial charge in [0.05, 0.1) is 16.1 Å². The van der Waals surface area contributed by atoms with Crippen LogP contribution in [0.4, 0.5) is 26.3 Å². The Hall–Kier alpha value is -0.980. The highest BCUT2D eigenvalue weighted by Crippen LogP contribution is 2.42. The van der Waals surface area contributed by atoms with Crippen LogP contribution >= 0.6 is 11.6 Å². The van der Waals surface area contributed by atoms with Crippen molar-refractivity contribution < 1.29 is 26.3 Å². The molecule has 0 aliphatic heterocycles. The number of rotatable bonds is 0. The Morgan fingerprint density at radius 3 is 1.80 bits per heavy atom. The predicted octanol–water partition coefficient (Wildman–Crippen LogP) is 3.77. The molecule has 0 amide bonds. The van der Waals surface area contributed by atoms with Gasteiger partial charge < -0.3 is 0 Å². The summed E-state index contributed by atoms with van der Waals surface area (Å²) in [4.78, 5) is 2.97. The molecule has 0 aliphatic rings. The molecule has 0 saturated heterocycles. The summed E-state index contributed by atoms with van der Waals surface area (Å²) in [5, 5.41) is -1.07. The molecule has 0 aliphatic carbocycles. The number of halogens is 7. The summed E-state index contributed by atoms with van der Waals surface area (Å²) in [6.45, 7) is 0. The molecule has 1 heterocycles. The lowest BCUT2D eigenvalue weighted by atomic mass is 10.1. The van der Waals surface area contributed by atoms with Crippen molar-refractivity contribution in [3.8, 4) is 0 Å². The average Bonchev–Trinajstić information content (AvgIpc) is 1.99. The Labute approximate surface area is 84.7 Å². The Bertz CT molecular complexity index is 369. The normalized spacial score (nSPS) is 13.0. The third-order valence-corrected chi connectivity index (χ3v) is 1.78. The lowest BCUT2D eigenvalue weighted by molar-refractivity contribution is -0.162. The monoisotopic (exact) mass is 249 g/mol. The molecule has 0 saturated carbocycles. The van der Waals surface area contributed by atoms with Crippen molar-refractivity contribution in [1.82, 2.24) is 4.98 Å². The highest BCUT2D eigenvalue weighted by Gasteiger charge is 2.45. The summed E-state index contributed by atoms with van der Waals surface area (Å²) in [6, 6.07) is 0. The van der Waals surface area contributed by atoms with Crippen LogP contribution in [0.15, 0.2) is 12.4 Å². The number of nitrogens with zero attached hydrogens (tertiary/aromatic N) is 1. The molecule has 0 aromatic carbocycles. The average molecular weight is 250 g/mol. The van der Waals surface area contributed by atoms with E-state index in [2.05, 4.69) is 4.98 Å². The van der Waals surface area contributed by atoms with E-state index in [1.807, 2.05) is 0 Å². The maximum absolute atomic E-state index is 12.2. The molecule has 0 bridgehead atoms. The Morgan fingerprint density at radius 2 is 1.47 bits per heavy atom. The Balaban J connectivity index is 3.48. The van der Waals surface area contributed by atoms with Crippen LogP contribution in [0.5, 0.6) is 0 Å². The van der Waals surface area contributed by atoms with Gasteiger partial charge in [-0.15, -0.1) is 0 Å². The maximum Gasteiger partial charge on any atom is 0.418 e. The van der Waals surface area contributed by atoms with E-state index in [4.69, 9.17) is 11.6 Å². The number of hydrogen-bond acceptors (Lipinski definition) is 1. The van der Waals surface area contributed by atoms with Crippen LogP contribution < -0.4 is 0 Å². The fourth-order valence-corrected chi connectivity index (χ4v) is 1.20. The lowest BCUT2D eigenvalue weighted by Gasteiger charge is -2.15. The van der Waals surface area contributed by atoms with Gasteiger partial charge in [-0.3, -0.25) is 4.98 Å². The lowest BCUT2D eigenvalue weighted by Crippen LogP contribution is -2.17. The SMILES string of the molecule is FC(F)(F)c1cncc(Cl)c1C(F)(F)F. The van der Waals surface area contributed by atoms with E-state index in [0.29, 0.717) is 6.20 Å². The zero-order valence-electron chi connectivity index (χ0n) is 6.75. The third-order valence-electron chi connectivity index (χ3n) is 1.49. The molecule has 0 unspecified atom stereocenters.